The number of hydrogen-bond acceptors (Lipinski definition) is 7. The van der Waals surface area contributed by atoms with E-state index in [1.807, 2.05) is 12.1 Å². The van der Waals surface area contributed by atoms with E-state index in [1.54, 1.807) is 43.4 Å². The van der Waals surface area contributed by atoms with E-state index in [1.165, 1.54) is 7.11 Å². The number of Topliss-reactive ketones (excluding diaryl/α,β-unsaturated/α-hetero) is 1. The minimum Gasteiger partial charge on any atom is -0.493 e. The van der Waals surface area contributed by atoms with E-state index in [-0.39, 0.29) is 24.7 Å². The van der Waals surface area contributed by atoms with Crippen molar-refractivity contribution in [2.24, 2.45) is 0 Å². The van der Waals surface area contributed by atoms with Crippen molar-refractivity contribution in [3.8, 4) is 28.7 Å². The van der Waals surface area contributed by atoms with Crippen LogP contribution >= 0.6 is 0 Å². The molecular weight excluding hydrogens is 414 g/mol. The van der Waals surface area contributed by atoms with Gasteiger partial charge in [-0.3, -0.25) is 9.59 Å². The maximum absolute atomic E-state index is 12.9. The number of fused-ring (bicyclic) bond motifs is 1. The van der Waals surface area contributed by atoms with Gasteiger partial charge >= 0.3 is 0 Å². The Bertz CT molecular complexity index is 1010. The highest BCUT2D eigenvalue weighted by Crippen LogP contribution is 2.47. The second-order valence-electron chi connectivity index (χ2n) is 7.88. The number of ether oxygens (including phenoxy) is 5. The maximum Gasteiger partial charge on any atom is 0.260 e. The van der Waals surface area contributed by atoms with Crippen molar-refractivity contribution in [2.75, 3.05) is 41.0 Å². The fraction of sp³-hybridized carbons (Fsp3) is 0.417. The van der Waals surface area contributed by atoms with E-state index in [2.05, 4.69) is 0 Å². The van der Waals surface area contributed by atoms with Gasteiger partial charge in [-0.05, 0) is 24.3 Å². The second-order valence-corrected chi connectivity index (χ2v) is 7.88. The van der Waals surface area contributed by atoms with Gasteiger partial charge in [-0.15, -0.1) is 0 Å². The number of hydrogen-bond donors (Lipinski definition) is 0. The minimum atomic E-state index is -0.663. The summed E-state index contributed by atoms with van der Waals surface area (Å²) in [6.45, 7) is 0.868. The van der Waals surface area contributed by atoms with E-state index in [9.17, 15) is 9.59 Å². The topological polar surface area (TPSA) is 83.5 Å². The first kappa shape index (κ1) is 21.8. The van der Waals surface area contributed by atoms with Crippen LogP contribution in [0.3, 0.4) is 0 Å². The molecule has 1 spiro atoms. The smallest absolute Gasteiger partial charge is 0.260 e. The van der Waals surface area contributed by atoms with Gasteiger partial charge in [0.1, 0.15) is 5.60 Å². The number of benzene rings is 2. The summed E-state index contributed by atoms with van der Waals surface area (Å²) < 4.78 is 28.1. The molecule has 0 unspecified atom stereocenters. The van der Waals surface area contributed by atoms with Crippen molar-refractivity contribution < 1.29 is 33.3 Å². The quantitative estimate of drug-likeness (QED) is 0.681. The zero-order chi connectivity index (χ0) is 22.7. The number of carbonyl (C=O) groups excluding carboxylic acids is 2. The zero-order valence-corrected chi connectivity index (χ0v) is 18.5. The van der Waals surface area contributed by atoms with E-state index in [0.717, 1.165) is 0 Å². The van der Waals surface area contributed by atoms with Crippen molar-refractivity contribution in [1.82, 2.24) is 4.90 Å². The number of methoxy groups -OCH3 is 3. The van der Waals surface area contributed by atoms with E-state index in [4.69, 9.17) is 23.7 Å². The lowest BCUT2D eigenvalue weighted by atomic mass is 9.82. The average Bonchev–Trinajstić information content (AvgIpc) is 2.82. The number of ketones is 1. The van der Waals surface area contributed by atoms with Crippen molar-refractivity contribution in [3.05, 3.63) is 42.0 Å². The molecule has 0 bridgehead atoms. The molecule has 1 fully saturated rings. The molecule has 4 rings (SSSR count). The monoisotopic (exact) mass is 441 g/mol. The van der Waals surface area contributed by atoms with Gasteiger partial charge in [0, 0.05) is 25.9 Å². The lowest BCUT2D eigenvalue weighted by Gasteiger charge is -2.44. The van der Waals surface area contributed by atoms with Crippen molar-refractivity contribution in [1.29, 1.82) is 0 Å². The highest BCUT2D eigenvalue weighted by Gasteiger charge is 2.45. The van der Waals surface area contributed by atoms with Crippen LogP contribution in [0.25, 0.3) is 0 Å². The molecule has 2 aliphatic rings. The number of nitrogens with zero attached hydrogens (tertiary/aromatic N) is 1. The molecule has 0 aliphatic carbocycles. The number of rotatable bonds is 6. The number of carbonyl (C=O) groups is 2. The number of amides is 1. The Balaban J connectivity index is 1.42. The molecule has 8 nitrogen and oxygen atoms in total. The number of para-hydroxylation sites is 2. The molecule has 0 radical (unpaired) electrons. The first-order chi connectivity index (χ1) is 15.5. The zero-order valence-electron chi connectivity index (χ0n) is 18.5. The summed E-state index contributed by atoms with van der Waals surface area (Å²) in [7, 11) is 4.63. The first-order valence-electron chi connectivity index (χ1n) is 10.5. The molecule has 32 heavy (non-hydrogen) atoms. The standard InChI is InChI=1S/C24H27NO7/c1-28-18-6-4-5-7-19(18)31-15-21(27)25-12-10-24(11-13-25)14-17(26)16-8-9-20(29-2)23(30-3)22(16)32-24/h4-9H,10-15H2,1-3H3. The van der Waals surface area contributed by atoms with Crippen LogP contribution in [-0.2, 0) is 4.79 Å². The predicted octanol–water partition coefficient (Wildman–Crippen LogP) is 3.12. The third-order valence-electron chi connectivity index (χ3n) is 6.05. The van der Waals surface area contributed by atoms with Crippen LogP contribution in [-0.4, -0.2) is 63.2 Å². The van der Waals surface area contributed by atoms with E-state index >= 15 is 0 Å². The third kappa shape index (κ3) is 4.04. The van der Waals surface area contributed by atoms with Gasteiger partial charge in [0.2, 0.25) is 5.75 Å². The van der Waals surface area contributed by atoms with Gasteiger partial charge in [-0.2, -0.15) is 0 Å². The van der Waals surface area contributed by atoms with E-state index in [0.29, 0.717) is 60.2 Å². The third-order valence-corrected chi connectivity index (χ3v) is 6.05. The molecule has 2 aromatic carbocycles. The molecule has 170 valence electrons. The predicted molar refractivity (Wildman–Crippen MR) is 116 cm³/mol. The summed E-state index contributed by atoms with van der Waals surface area (Å²) in [5.74, 6) is 2.34. The van der Waals surface area contributed by atoms with Crippen molar-refractivity contribution in [2.45, 2.75) is 24.9 Å². The lowest BCUT2D eigenvalue weighted by molar-refractivity contribution is -0.137. The Morgan fingerprint density at radius 1 is 0.969 bits per heavy atom. The maximum atomic E-state index is 12.9. The molecule has 2 aromatic rings. The van der Waals surface area contributed by atoms with Gasteiger partial charge in [-0.1, -0.05) is 12.1 Å². The van der Waals surface area contributed by atoms with Gasteiger partial charge in [0.05, 0.1) is 33.3 Å². The molecule has 8 heteroatoms. The summed E-state index contributed by atoms with van der Waals surface area (Å²) in [6, 6.07) is 10.6. The molecule has 1 amide bonds. The lowest BCUT2D eigenvalue weighted by Crippen LogP contribution is -2.53. The molecule has 0 atom stereocenters. The fourth-order valence-corrected chi connectivity index (χ4v) is 4.27. The Labute approximate surface area is 187 Å². The fourth-order valence-electron chi connectivity index (χ4n) is 4.27. The Kier molecular flexibility index (Phi) is 6.12. The van der Waals surface area contributed by atoms with Crippen molar-refractivity contribution >= 4 is 11.7 Å². The van der Waals surface area contributed by atoms with Crippen LogP contribution in [0.15, 0.2) is 36.4 Å². The average molecular weight is 441 g/mol. The van der Waals surface area contributed by atoms with Crippen LogP contribution < -0.4 is 23.7 Å². The molecule has 2 heterocycles. The number of piperidine rings is 1. The normalized spacial score (nSPS) is 16.7. The van der Waals surface area contributed by atoms with Gasteiger partial charge in [0.25, 0.3) is 5.91 Å². The molecule has 0 saturated carbocycles. The minimum absolute atomic E-state index is 0.00601. The first-order valence-corrected chi connectivity index (χ1v) is 10.5. The Morgan fingerprint density at radius 2 is 1.66 bits per heavy atom. The van der Waals surface area contributed by atoms with Gasteiger partial charge in [0.15, 0.2) is 35.4 Å². The van der Waals surface area contributed by atoms with Crippen molar-refractivity contribution in [3.63, 3.8) is 0 Å². The van der Waals surface area contributed by atoms with Gasteiger partial charge < -0.3 is 28.6 Å². The largest absolute Gasteiger partial charge is 0.493 e. The highest BCUT2D eigenvalue weighted by atomic mass is 16.5. The highest BCUT2D eigenvalue weighted by molar-refractivity contribution is 6.01. The van der Waals surface area contributed by atoms with Gasteiger partial charge in [-0.25, -0.2) is 0 Å². The van der Waals surface area contributed by atoms with Crippen LogP contribution in [0, 0.1) is 0 Å². The molecule has 0 N–H and O–H groups in total. The summed E-state index contributed by atoms with van der Waals surface area (Å²) in [5, 5.41) is 0. The summed E-state index contributed by atoms with van der Waals surface area (Å²) in [6.07, 6.45) is 1.35. The summed E-state index contributed by atoms with van der Waals surface area (Å²) >= 11 is 0. The number of likely N-dealkylation sites (tertiary alicyclic amines) is 1. The van der Waals surface area contributed by atoms with Crippen LogP contribution in [0.4, 0.5) is 0 Å². The second kappa shape index (κ2) is 8.98. The van der Waals surface area contributed by atoms with Crippen LogP contribution in [0.5, 0.6) is 28.7 Å². The Morgan fingerprint density at radius 3 is 2.31 bits per heavy atom. The molecular formula is C24H27NO7. The summed E-state index contributed by atoms with van der Waals surface area (Å²) in [4.78, 5) is 27.3. The Hall–Kier alpha value is -3.42. The molecule has 2 aliphatic heterocycles. The summed E-state index contributed by atoms with van der Waals surface area (Å²) in [5.41, 5.74) is -0.165. The van der Waals surface area contributed by atoms with E-state index < -0.39 is 5.60 Å². The molecule has 1 saturated heterocycles. The SMILES string of the molecule is COc1ccccc1OCC(=O)N1CCC2(CC1)CC(=O)c1ccc(OC)c(OC)c1O2. The van der Waals surface area contributed by atoms with Crippen LogP contribution in [0.2, 0.25) is 0 Å². The molecule has 0 aromatic heterocycles. The van der Waals surface area contributed by atoms with Crippen LogP contribution in [0.1, 0.15) is 29.6 Å².